The van der Waals surface area contributed by atoms with E-state index in [0.29, 0.717) is 6.54 Å². The van der Waals surface area contributed by atoms with Crippen LogP contribution in [0.2, 0.25) is 0 Å². The first kappa shape index (κ1) is 12.0. The Labute approximate surface area is 93.6 Å². The van der Waals surface area contributed by atoms with Gasteiger partial charge in [-0.1, -0.05) is 6.92 Å². The van der Waals surface area contributed by atoms with Crippen LogP contribution in [0.3, 0.4) is 0 Å². The molecule has 0 bridgehead atoms. The van der Waals surface area contributed by atoms with Gasteiger partial charge in [-0.15, -0.1) is 0 Å². The highest BCUT2D eigenvalue weighted by Crippen LogP contribution is 2.17. The maximum absolute atomic E-state index is 11.4. The largest absolute Gasteiger partial charge is 0.354 e. The van der Waals surface area contributed by atoms with E-state index < -0.39 is 0 Å². The summed E-state index contributed by atoms with van der Waals surface area (Å²) in [5.41, 5.74) is 0. The summed E-state index contributed by atoms with van der Waals surface area (Å²) in [7, 11) is 0. The molecule has 1 rings (SSSR count). The molecule has 1 N–H and O–H groups in total. The van der Waals surface area contributed by atoms with E-state index in [1.54, 1.807) is 6.92 Å². The van der Waals surface area contributed by atoms with Gasteiger partial charge in [-0.25, -0.2) is 0 Å². The molecule has 1 heterocycles. The Morgan fingerprint density at radius 2 is 2.27 bits per heavy atom. The second-order valence-electron chi connectivity index (χ2n) is 3.50. The van der Waals surface area contributed by atoms with Gasteiger partial charge in [0.1, 0.15) is 0 Å². The number of carbonyl (C=O) groups excluding carboxylic acids is 3. The van der Waals surface area contributed by atoms with Crippen LogP contribution in [0.4, 0.5) is 0 Å². The molecule has 1 saturated heterocycles. The van der Waals surface area contributed by atoms with Crippen molar-refractivity contribution in [3.63, 3.8) is 0 Å². The monoisotopic (exact) mass is 230 g/mol. The Hall–Kier alpha value is -1.04. The summed E-state index contributed by atoms with van der Waals surface area (Å²) in [6, 6.07) is 0. The summed E-state index contributed by atoms with van der Waals surface area (Å²) in [6.07, 6.45) is 0.277. The average Bonchev–Trinajstić information content (AvgIpc) is 2.44. The van der Waals surface area contributed by atoms with Crippen molar-refractivity contribution in [3.05, 3.63) is 0 Å². The number of hydrogen-bond acceptors (Lipinski definition) is 4. The molecule has 5 nitrogen and oxygen atoms in total. The first-order chi connectivity index (χ1) is 7.06. The quantitative estimate of drug-likeness (QED) is 0.502. The minimum atomic E-state index is -0.224. The van der Waals surface area contributed by atoms with Gasteiger partial charge < -0.3 is 5.32 Å². The fourth-order valence-corrected chi connectivity index (χ4v) is 1.56. The van der Waals surface area contributed by atoms with E-state index in [9.17, 15) is 14.4 Å². The third-order valence-electron chi connectivity index (χ3n) is 2.27. The first-order valence-corrected chi connectivity index (χ1v) is 5.41. The first-order valence-electron chi connectivity index (χ1n) is 4.78. The van der Waals surface area contributed by atoms with Gasteiger partial charge >= 0.3 is 0 Å². The lowest BCUT2D eigenvalue weighted by atomic mass is 10.1. The minimum absolute atomic E-state index is 0.109. The zero-order valence-corrected chi connectivity index (χ0v) is 9.42. The fraction of sp³-hybridized carbons (Fsp3) is 0.667. The number of hydrogen-bond donors (Lipinski definition) is 2. The fourth-order valence-electron chi connectivity index (χ4n) is 1.45. The summed E-state index contributed by atoms with van der Waals surface area (Å²) < 4.78 is 0. The number of thiol groups is 1. The molecule has 0 aromatic heterocycles. The number of rotatable bonds is 4. The highest BCUT2D eigenvalue weighted by Gasteiger charge is 2.34. The van der Waals surface area contributed by atoms with E-state index in [2.05, 4.69) is 17.9 Å². The predicted molar refractivity (Wildman–Crippen MR) is 57.4 cm³/mol. The van der Waals surface area contributed by atoms with Gasteiger partial charge in [-0.2, -0.15) is 12.6 Å². The third kappa shape index (κ3) is 2.95. The molecule has 1 atom stereocenters. The van der Waals surface area contributed by atoms with Gasteiger partial charge in [0, 0.05) is 25.4 Å². The van der Waals surface area contributed by atoms with Crippen molar-refractivity contribution in [1.29, 1.82) is 0 Å². The van der Waals surface area contributed by atoms with E-state index >= 15 is 0 Å². The summed E-state index contributed by atoms with van der Waals surface area (Å²) in [4.78, 5) is 34.8. The number of carbonyl (C=O) groups is 3. The number of imide groups is 1. The molecule has 0 radical (unpaired) electrons. The van der Waals surface area contributed by atoms with Crippen molar-refractivity contribution < 1.29 is 14.4 Å². The van der Waals surface area contributed by atoms with E-state index in [-0.39, 0.29) is 42.4 Å². The standard InChI is InChI=1S/C9H14N2O3S/c1-6-4-8(13)11(9(6)14)3-2-10-7(12)5-15/h6,15H,2-5H2,1H3,(H,10,12). The normalized spacial score (nSPS) is 20.9. The molecule has 84 valence electrons. The molecule has 1 fully saturated rings. The van der Waals surface area contributed by atoms with Crippen molar-refractivity contribution in [2.45, 2.75) is 13.3 Å². The van der Waals surface area contributed by atoms with Crippen LogP contribution in [0.15, 0.2) is 0 Å². The van der Waals surface area contributed by atoms with Gasteiger partial charge in [-0.05, 0) is 0 Å². The molecule has 0 saturated carbocycles. The second kappa shape index (κ2) is 5.16. The van der Waals surface area contributed by atoms with Crippen LogP contribution < -0.4 is 5.32 Å². The average molecular weight is 230 g/mol. The molecule has 3 amide bonds. The molecule has 0 aromatic carbocycles. The predicted octanol–water partition coefficient (Wildman–Crippen LogP) is -0.573. The molecule has 15 heavy (non-hydrogen) atoms. The number of nitrogens with zero attached hydrogens (tertiary/aromatic N) is 1. The second-order valence-corrected chi connectivity index (χ2v) is 3.81. The Balaban J connectivity index is 2.36. The van der Waals surface area contributed by atoms with Gasteiger partial charge in [-0.3, -0.25) is 19.3 Å². The smallest absolute Gasteiger partial charge is 0.232 e. The molecule has 0 aromatic rings. The van der Waals surface area contributed by atoms with Crippen LogP contribution in [-0.2, 0) is 14.4 Å². The van der Waals surface area contributed by atoms with Crippen LogP contribution in [0.1, 0.15) is 13.3 Å². The van der Waals surface area contributed by atoms with Gasteiger partial charge in [0.25, 0.3) is 0 Å². The molecule has 6 heteroatoms. The Morgan fingerprint density at radius 3 is 2.73 bits per heavy atom. The molecule has 0 spiro atoms. The summed E-state index contributed by atoms with van der Waals surface area (Å²) in [5.74, 6) is -0.630. The van der Waals surface area contributed by atoms with Crippen molar-refractivity contribution in [2.75, 3.05) is 18.8 Å². The Bertz CT molecular complexity index is 293. The Morgan fingerprint density at radius 1 is 1.60 bits per heavy atom. The summed E-state index contributed by atoms with van der Waals surface area (Å²) >= 11 is 3.79. The summed E-state index contributed by atoms with van der Waals surface area (Å²) in [5, 5.41) is 2.55. The zero-order valence-electron chi connectivity index (χ0n) is 8.52. The molecule has 0 aliphatic carbocycles. The lowest BCUT2D eigenvalue weighted by Gasteiger charge is -2.14. The van der Waals surface area contributed by atoms with E-state index in [0.717, 1.165) is 0 Å². The van der Waals surface area contributed by atoms with Crippen LogP contribution >= 0.6 is 12.6 Å². The lowest BCUT2D eigenvalue weighted by molar-refractivity contribution is -0.139. The van der Waals surface area contributed by atoms with Crippen molar-refractivity contribution >= 4 is 30.4 Å². The summed E-state index contributed by atoms with van der Waals surface area (Å²) in [6.45, 7) is 2.28. The van der Waals surface area contributed by atoms with Crippen molar-refractivity contribution in [1.82, 2.24) is 10.2 Å². The third-order valence-corrected chi connectivity index (χ3v) is 2.56. The van der Waals surface area contributed by atoms with E-state index in [1.165, 1.54) is 4.90 Å². The molecule has 1 unspecified atom stereocenters. The maximum Gasteiger partial charge on any atom is 0.232 e. The highest BCUT2D eigenvalue weighted by atomic mass is 32.1. The minimum Gasteiger partial charge on any atom is -0.354 e. The van der Waals surface area contributed by atoms with Crippen molar-refractivity contribution in [2.24, 2.45) is 5.92 Å². The topological polar surface area (TPSA) is 66.5 Å². The maximum atomic E-state index is 11.4. The van der Waals surface area contributed by atoms with Crippen LogP contribution in [0, 0.1) is 5.92 Å². The van der Waals surface area contributed by atoms with Crippen LogP contribution in [0.25, 0.3) is 0 Å². The van der Waals surface area contributed by atoms with Crippen LogP contribution in [-0.4, -0.2) is 41.5 Å². The molecule has 1 aliphatic heterocycles. The van der Waals surface area contributed by atoms with Gasteiger partial charge in [0.2, 0.25) is 17.7 Å². The highest BCUT2D eigenvalue weighted by molar-refractivity contribution is 7.81. The molecular formula is C9H14N2O3S. The SMILES string of the molecule is CC1CC(=O)N(CCNC(=O)CS)C1=O. The van der Waals surface area contributed by atoms with Gasteiger partial charge in [0.15, 0.2) is 0 Å². The molecular weight excluding hydrogens is 216 g/mol. The molecule has 1 aliphatic rings. The van der Waals surface area contributed by atoms with Crippen LogP contribution in [0.5, 0.6) is 0 Å². The number of nitrogens with one attached hydrogen (secondary N) is 1. The van der Waals surface area contributed by atoms with Gasteiger partial charge in [0.05, 0.1) is 5.75 Å². The number of likely N-dealkylation sites (tertiary alicyclic amines) is 1. The lowest BCUT2D eigenvalue weighted by Crippen LogP contribution is -2.38. The van der Waals surface area contributed by atoms with Crippen molar-refractivity contribution in [3.8, 4) is 0 Å². The Kier molecular flexibility index (Phi) is 4.14. The zero-order chi connectivity index (χ0) is 11.4. The number of amides is 3. The van der Waals surface area contributed by atoms with E-state index in [1.807, 2.05) is 0 Å². The van der Waals surface area contributed by atoms with E-state index in [4.69, 9.17) is 0 Å².